The molecule has 0 unspecified atom stereocenters. The van der Waals surface area contributed by atoms with Crippen LogP contribution >= 0.6 is 23.1 Å². The van der Waals surface area contributed by atoms with Crippen molar-refractivity contribution in [2.24, 2.45) is 0 Å². The molecule has 0 radical (unpaired) electrons. The van der Waals surface area contributed by atoms with Crippen molar-refractivity contribution in [2.75, 3.05) is 32.0 Å². The Kier molecular flexibility index (Phi) is 10.3. The van der Waals surface area contributed by atoms with Crippen LogP contribution in [0.2, 0.25) is 0 Å². The summed E-state index contributed by atoms with van der Waals surface area (Å²) in [5.74, 6) is 1.58. The van der Waals surface area contributed by atoms with Crippen LogP contribution in [0.4, 0.5) is 0 Å². The minimum Gasteiger partial charge on any atom is -0.473 e. The van der Waals surface area contributed by atoms with Gasteiger partial charge in [0.1, 0.15) is 11.6 Å². The highest BCUT2D eigenvalue weighted by molar-refractivity contribution is 8.01. The number of likely N-dealkylation sites (tertiary alicyclic amines) is 1. The Morgan fingerprint density at radius 2 is 2.16 bits per heavy atom. The minimum absolute atomic E-state index is 0.0618. The zero-order valence-electron chi connectivity index (χ0n) is 18.1. The lowest BCUT2D eigenvalue weighted by Gasteiger charge is -2.26. The van der Waals surface area contributed by atoms with Gasteiger partial charge >= 0.3 is 0 Å². The fourth-order valence-electron chi connectivity index (χ4n) is 3.28. The van der Waals surface area contributed by atoms with E-state index in [1.807, 2.05) is 31.3 Å². The molecule has 0 bridgehead atoms. The van der Waals surface area contributed by atoms with E-state index in [-0.39, 0.29) is 5.91 Å². The van der Waals surface area contributed by atoms with Gasteiger partial charge in [0.15, 0.2) is 4.34 Å². The SMILES string of the molecule is Cc1nnc(SCCCC(=O)NC/C=C\COc2cc(CN3CCCCC3)ccn2)s1. The normalized spacial score (nSPS) is 14.7. The zero-order valence-corrected chi connectivity index (χ0v) is 19.7. The first-order valence-corrected chi connectivity index (χ1v) is 12.6. The highest BCUT2D eigenvalue weighted by Gasteiger charge is 2.10. The molecule has 0 spiro atoms. The van der Waals surface area contributed by atoms with Crippen molar-refractivity contribution in [1.82, 2.24) is 25.4 Å². The number of pyridine rings is 1. The molecule has 0 aliphatic carbocycles. The van der Waals surface area contributed by atoms with Crippen LogP contribution in [-0.2, 0) is 11.3 Å². The summed E-state index contributed by atoms with van der Waals surface area (Å²) in [7, 11) is 0. The standard InChI is InChI=1S/C22H31N5O2S2/c1-18-25-26-22(31-18)30-15-7-8-20(28)23-10-3-6-14-29-21-16-19(9-11-24-21)17-27-12-4-2-5-13-27/h3,6,9,11,16H,2,4-5,7-8,10,12-15,17H2,1H3,(H,23,28)/b6-3-. The highest BCUT2D eigenvalue weighted by Crippen LogP contribution is 2.22. The number of thioether (sulfide) groups is 1. The lowest BCUT2D eigenvalue weighted by molar-refractivity contribution is -0.120. The maximum absolute atomic E-state index is 11.9. The van der Waals surface area contributed by atoms with Gasteiger partial charge in [-0.05, 0) is 57.0 Å². The fraction of sp³-hybridized carbons (Fsp3) is 0.545. The van der Waals surface area contributed by atoms with E-state index in [2.05, 4.69) is 31.5 Å². The number of nitrogens with zero attached hydrogens (tertiary/aromatic N) is 4. The topological polar surface area (TPSA) is 80.2 Å². The van der Waals surface area contributed by atoms with Crippen LogP contribution < -0.4 is 10.1 Å². The first kappa shape index (κ1) is 23.7. The van der Waals surface area contributed by atoms with Crippen molar-refractivity contribution >= 4 is 29.0 Å². The van der Waals surface area contributed by atoms with Crippen LogP contribution in [0.5, 0.6) is 5.88 Å². The van der Waals surface area contributed by atoms with Crippen molar-refractivity contribution in [3.8, 4) is 5.88 Å². The van der Waals surface area contributed by atoms with Crippen molar-refractivity contribution in [3.63, 3.8) is 0 Å². The van der Waals surface area contributed by atoms with E-state index in [1.54, 1.807) is 23.1 Å². The first-order chi connectivity index (χ1) is 15.2. The predicted octanol–water partition coefficient (Wildman–Crippen LogP) is 3.85. The second kappa shape index (κ2) is 13.4. The second-order valence-corrected chi connectivity index (χ2v) is 9.99. The molecule has 31 heavy (non-hydrogen) atoms. The average molecular weight is 462 g/mol. The summed E-state index contributed by atoms with van der Waals surface area (Å²) in [4.78, 5) is 18.7. The molecule has 1 aliphatic heterocycles. The van der Waals surface area contributed by atoms with Gasteiger partial charge in [-0.1, -0.05) is 35.6 Å². The summed E-state index contributed by atoms with van der Waals surface area (Å²) in [6, 6.07) is 4.07. The largest absolute Gasteiger partial charge is 0.473 e. The Labute approximate surface area is 192 Å². The third-order valence-corrected chi connectivity index (χ3v) is 6.90. The smallest absolute Gasteiger partial charge is 0.220 e. The van der Waals surface area contributed by atoms with Crippen molar-refractivity contribution in [1.29, 1.82) is 0 Å². The van der Waals surface area contributed by atoms with Gasteiger partial charge in [0.2, 0.25) is 11.8 Å². The van der Waals surface area contributed by atoms with Crippen LogP contribution in [0.3, 0.4) is 0 Å². The van der Waals surface area contributed by atoms with Crippen LogP contribution in [0, 0.1) is 6.92 Å². The van der Waals surface area contributed by atoms with Crippen LogP contribution in [-0.4, -0.2) is 58.0 Å². The molecular weight excluding hydrogens is 430 g/mol. The van der Waals surface area contributed by atoms with Gasteiger partial charge in [-0.2, -0.15) is 0 Å². The van der Waals surface area contributed by atoms with E-state index in [0.717, 1.165) is 28.1 Å². The number of amides is 1. The van der Waals surface area contributed by atoms with Gasteiger partial charge in [0, 0.05) is 37.5 Å². The molecular formula is C22H31N5O2S2. The third kappa shape index (κ3) is 9.37. The molecule has 3 rings (SSSR count). The summed E-state index contributed by atoms with van der Waals surface area (Å²) in [6.45, 7) is 6.20. The zero-order chi connectivity index (χ0) is 21.7. The van der Waals surface area contributed by atoms with E-state index in [4.69, 9.17) is 4.74 Å². The molecule has 0 atom stereocenters. The van der Waals surface area contributed by atoms with E-state index in [0.29, 0.717) is 25.5 Å². The van der Waals surface area contributed by atoms with Crippen LogP contribution in [0.1, 0.15) is 42.7 Å². The summed E-state index contributed by atoms with van der Waals surface area (Å²) >= 11 is 3.24. The molecule has 2 aromatic heterocycles. The Morgan fingerprint density at radius 3 is 2.97 bits per heavy atom. The molecule has 0 aromatic carbocycles. The maximum atomic E-state index is 11.9. The van der Waals surface area contributed by atoms with E-state index in [9.17, 15) is 4.79 Å². The number of nitrogens with one attached hydrogen (secondary N) is 1. The molecule has 1 saturated heterocycles. The third-order valence-electron chi connectivity index (χ3n) is 4.85. The Morgan fingerprint density at radius 1 is 1.29 bits per heavy atom. The fourth-order valence-corrected chi connectivity index (χ4v) is 5.10. The summed E-state index contributed by atoms with van der Waals surface area (Å²) in [5.41, 5.74) is 1.24. The van der Waals surface area contributed by atoms with Gasteiger partial charge in [-0.3, -0.25) is 9.69 Å². The molecule has 1 fully saturated rings. The molecule has 7 nitrogen and oxygen atoms in total. The molecule has 1 N–H and O–H groups in total. The lowest BCUT2D eigenvalue weighted by Crippen LogP contribution is -2.29. The number of ether oxygens (including phenoxy) is 1. The van der Waals surface area contributed by atoms with Crippen molar-refractivity contribution in [3.05, 3.63) is 41.1 Å². The number of aromatic nitrogens is 3. The van der Waals surface area contributed by atoms with Crippen LogP contribution in [0.25, 0.3) is 0 Å². The highest BCUT2D eigenvalue weighted by atomic mass is 32.2. The van der Waals surface area contributed by atoms with Crippen LogP contribution in [0.15, 0.2) is 34.8 Å². The molecule has 1 amide bonds. The van der Waals surface area contributed by atoms with E-state index >= 15 is 0 Å². The van der Waals surface area contributed by atoms with Crippen molar-refractivity contribution in [2.45, 2.75) is 49.9 Å². The molecule has 9 heteroatoms. The quantitative estimate of drug-likeness (QED) is 0.292. The first-order valence-electron chi connectivity index (χ1n) is 10.8. The Bertz CT molecular complexity index is 837. The molecule has 2 aromatic rings. The van der Waals surface area contributed by atoms with E-state index < -0.39 is 0 Å². The molecule has 0 saturated carbocycles. The molecule has 3 heterocycles. The number of hydrogen-bond donors (Lipinski definition) is 1. The number of piperidine rings is 1. The Balaban J connectivity index is 1.24. The van der Waals surface area contributed by atoms with Gasteiger partial charge in [0.25, 0.3) is 0 Å². The average Bonchev–Trinajstić information content (AvgIpc) is 3.20. The van der Waals surface area contributed by atoms with Crippen molar-refractivity contribution < 1.29 is 9.53 Å². The maximum Gasteiger partial charge on any atom is 0.220 e. The number of hydrogen-bond acceptors (Lipinski definition) is 8. The lowest BCUT2D eigenvalue weighted by atomic mass is 10.1. The molecule has 168 valence electrons. The van der Waals surface area contributed by atoms with Gasteiger partial charge in [-0.25, -0.2) is 4.98 Å². The minimum atomic E-state index is 0.0618. The summed E-state index contributed by atoms with van der Waals surface area (Å²) in [5, 5.41) is 11.9. The monoisotopic (exact) mass is 461 g/mol. The number of carbonyl (C=O) groups excluding carboxylic acids is 1. The predicted molar refractivity (Wildman–Crippen MR) is 126 cm³/mol. The Hall–Kier alpha value is -1.97. The number of rotatable bonds is 12. The van der Waals surface area contributed by atoms with Gasteiger partial charge < -0.3 is 10.1 Å². The van der Waals surface area contributed by atoms with Gasteiger partial charge in [-0.15, -0.1) is 10.2 Å². The summed E-state index contributed by atoms with van der Waals surface area (Å²) < 4.78 is 6.69. The number of carbonyl (C=O) groups is 1. The van der Waals surface area contributed by atoms with Gasteiger partial charge in [0.05, 0.1) is 0 Å². The summed E-state index contributed by atoms with van der Waals surface area (Å²) in [6.07, 6.45) is 10.9. The molecule has 1 aliphatic rings. The second-order valence-electron chi connectivity index (χ2n) is 7.46. The number of aryl methyl sites for hydroxylation is 1. The van der Waals surface area contributed by atoms with E-state index in [1.165, 1.54) is 37.9 Å².